The number of ketones is 1. The number of rotatable bonds is 8. The first-order valence-corrected chi connectivity index (χ1v) is 10.6. The van der Waals surface area contributed by atoms with Crippen LogP contribution in [0.15, 0.2) is 48.0 Å². The Morgan fingerprint density at radius 1 is 1.06 bits per heavy atom. The van der Waals surface area contributed by atoms with E-state index in [0.717, 1.165) is 6.54 Å². The predicted octanol–water partition coefficient (Wildman–Crippen LogP) is 3.73. The summed E-state index contributed by atoms with van der Waals surface area (Å²) in [5.41, 5.74) is 1.09. The van der Waals surface area contributed by atoms with Gasteiger partial charge in [-0.25, -0.2) is 0 Å². The molecule has 3 rings (SSSR count). The lowest BCUT2D eigenvalue weighted by Gasteiger charge is -2.26. The van der Waals surface area contributed by atoms with Crippen molar-refractivity contribution < 1.29 is 24.2 Å². The Balaban J connectivity index is 2.11. The Hall–Kier alpha value is -3.03. The number of ether oxygens (including phenoxy) is 2. The van der Waals surface area contributed by atoms with Gasteiger partial charge in [0.05, 0.1) is 25.8 Å². The van der Waals surface area contributed by atoms with E-state index in [2.05, 4.69) is 0 Å². The highest BCUT2D eigenvalue weighted by Gasteiger charge is 2.45. The third-order valence-electron chi connectivity index (χ3n) is 5.39. The quantitative estimate of drug-likeness (QED) is 0.369. The standard InChI is InChI=1S/C24H27ClN2O5/c1-26(2)12-5-13-27-21(15-6-9-17(25)10-7-15)20(23(29)24(27)30)22(28)16-8-11-18(31-3)19(14-16)32-4/h6-11,14,21,28H,5,12-13H2,1-4H3/b22-20+/t21-/m1/s1. The number of aliphatic hydroxyl groups excluding tert-OH is 1. The molecule has 1 N–H and O–H groups in total. The van der Waals surface area contributed by atoms with Gasteiger partial charge in [-0.1, -0.05) is 23.7 Å². The number of aliphatic hydroxyl groups is 1. The summed E-state index contributed by atoms with van der Waals surface area (Å²) < 4.78 is 10.6. The van der Waals surface area contributed by atoms with Gasteiger partial charge in [0.25, 0.3) is 11.7 Å². The summed E-state index contributed by atoms with van der Waals surface area (Å²) in [6.07, 6.45) is 0.681. The van der Waals surface area contributed by atoms with E-state index >= 15 is 0 Å². The molecule has 8 heteroatoms. The van der Waals surface area contributed by atoms with E-state index in [1.165, 1.54) is 19.1 Å². The highest BCUT2D eigenvalue weighted by atomic mass is 35.5. The van der Waals surface area contributed by atoms with Crippen molar-refractivity contribution in [3.8, 4) is 11.5 Å². The van der Waals surface area contributed by atoms with Crippen LogP contribution in [0.2, 0.25) is 5.02 Å². The molecule has 1 aliphatic heterocycles. The second kappa shape index (κ2) is 10.1. The molecule has 1 amide bonds. The zero-order chi connectivity index (χ0) is 23.4. The number of Topliss-reactive ketones (excluding diaryl/α,β-unsaturated/α-hetero) is 1. The van der Waals surface area contributed by atoms with Crippen molar-refractivity contribution in [3.63, 3.8) is 0 Å². The molecule has 0 radical (unpaired) electrons. The normalized spacial score (nSPS) is 17.8. The van der Waals surface area contributed by atoms with Crippen molar-refractivity contribution in [2.24, 2.45) is 0 Å². The number of hydrogen-bond donors (Lipinski definition) is 1. The molecule has 0 aliphatic carbocycles. The number of carbonyl (C=O) groups excluding carboxylic acids is 2. The van der Waals surface area contributed by atoms with Crippen molar-refractivity contribution in [2.75, 3.05) is 41.4 Å². The number of likely N-dealkylation sites (tertiary alicyclic amines) is 1. The average Bonchev–Trinajstić information content (AvgIpc) is 3.03. The topological polar surface area (TPSA) is 79.3 Å². The maximum Gasteiger partial charge on any atom is 0.295 e. The molecule has 7 nitrogen and oxygen atoms in total. The smallest absolute Gasteiger partial charge is 0.295 e. The van der Waals surface area contributed by atoms with Gasteiger partial charge < -0.3 is 24.4 Å². The van der Waals surface area contributed by atoms with Crippen LogP contribution in [0.5, 0.6) is 11.5 Å². The molecule has 0 aromatic heterocycles. The Morgan fingerprint density at radius 3 is 2.31 bits per heavy atom. The van der Waals surface area contributed by atoms with Crippen LogP contribution in [0, 0.1) is 0 Å². The molecule has 2 aromatic rings. The summed E-state index contributed by atoms with van der Waals surface area (Å²) in [5, 5.41) is 11.7. The number of methoxy groups -OCH3 is 2. The molecule has 1 heterocycles. The minimum atomic E-state index is -0.720. The summed E-state index contributed by atoms with van der Waals surface area (Å²) >= 11 is 6.05. The van der Waals surface area contributed by atoms with Gasteiger partial charge in [-0.2, -0.15) is 0 Å². The fourth-order valence-corrected chi connectivity index (χ4v) is 3.92. The van der Waals surface area contributed by atoms with Crippen LogP contribution >= 0.6 is 11.6 Å². The largest absolute Gasteiger partial charge is 0.507 e. The van der Waals surface area contributed by atoms with Gasteiger partial charge in [-0.05, 0) is 63.0 Å². The maximum absolute atomic E-state index is 13.1. The molecular weight excluding hydrogens is 432 g/mol. The molecule has 0 saturated carbocycles. The van der Waals surface area contributed by atoms with Crippen molar-refractivity contribution in [2.45, 2.75) is 12.5 Å². The van der Waals surface area contributed by atoms with Crippen molar-refractivity contribution in [1.82, 2.24) is 9.80 Å². The average molecular weight is 459 g/mol. The Labute approximate surface area is 192 Å². The van der Waals surface area contributed by atoms with Gasteiger partial charge >= 0.3 is 0 Å². The van der Waals surface area contributed by atoms with Crippen LogP contribution in [0.25, 0.3) is 5.76 Å². The van der Waals surface area contributed by atoms with E-state index in [0.29, 0.717) is 40.6 Å². The van der Waals surface area contributed by atoms with Gasteiger partial charge in [0.1, 0.15) is 5.76 Å². The second-order valence-corrected chi connectivity index (χ2v) is 8.21. The lowest BCUT2D eigenvalue weighted by Crippen LogP contribution is -2.32. The fourth-order valence-electron chi connectivity index (χ4n) is 3.80. The van der Waals surface area contributed by atoms with Crippen LogP contribution in [-0.4, -0.2) is 68.0 Å². The summed E-state index contributed by atoms with van der Waals surface area (Å²) in [5.74, 6) is -0.727. The molecule has 2 aromatic carbocycles. The number of hydrogen-bond acceptors (Lipinski definition) is 6. The number of amides is 1. The van der Waals surface area contributed by atoms with Crippen molar-refractivity contribution in [1.29, 1.82) is 0 Å². The minimum Gasteiger partial charge on any atom is -0.507 e. The zero-order valence-corrected chi connectivity index (χ0v) is 19.3. The summed E-state index contributed by atoms with van der Waals surface area (Å²) in [6, 6.07) is 11.0. The third kappa shape index (κ3) is 4.74. The highest BCUT2D eigenvalue weighted by Crippen LogP contribution is 2.41. The highest BCUT2D eigenvalue weighted by molar-refractivity contribution is 6.46. The first-order chi connectivity index (χ1) is 15.3. The fraction of sp³-hybridized carbons (Fsp3) is 0.333. The van der Waals surface area contributed by atoms with Crippen molar-refractivity contribution >= 4 is 29.1 Å². The molecular formula is C24H27ClN2O5. The second-order valence-electron chi connectivity index (χ2n) is 7.77. The van der Waals surface area contributed by atoms with E-state index in [-0.39, 0.29) is 11.3 Å². The maximum atomic E-state index is 13.1. The molecule has 1 atom stereocenters. The molecule has 0 unspecified atom stereocenters. The number of benzene rings is 2. The third-order valence-corrected chi connectivity index (χ3v) is 5.64. The SMILES string of the molecule is COc1ccc(/C(O)=C2\C(=O)C(=O)N(CCCN(C)C)[C@@H]2c2ccc(Cl)cc2)cc1OC. The van der Waals surface area contributed by atoms with Gasteiger partial charge in [0, 0.05) is 17.1 Å². The van der Waals surface area contributed by atoms with Crippen LogP contribution in [0.4, 0.5) is 0 Å². The van der Waals surface area contributed by atoms with Gasteiger partial charge in [0.15, 0.2) is 11.5 Å². The van der Waals surface area contributed by atoms with Crippen molar-refractivity contribution in [3.05, 3.63) is 64.2 Å². The summed E-state index contributed by atoms with van der Waals surface area (Å²) in [6.45, 7) is 1.13. The van der Waals surface area contributed by atoms with E-state index in [1.807, 2.05) is 19.0 Å². The molecule has 1 aliphatic rings. The van der Waals surface area contributed by atoms with Crippen LogP contribution < -0.4 is 9.47 Å². The Morgan fingerprint density at radius 2 is 1.72 bits per heavy atom. The lowest BCUT2D eigenvalue weighted by atomic mass is 9.95. The number of halogens is 1. The molecule has 170 valence electrons. The number of nitrogens with zero attached hydrogens (tertiary/aromatic N) is 2. The first kappa shape index (κ1) is 23.6. The molecule has 0 bridgehead atoms. The van der Waals surface area contributed by atoms with E-state index in [1.54, 1.807) is 42.5 Å². The van der Waals surface area contributed by atoms with Crippen LogP contribution in [0.1, 0.15) is 23.6 Å². The molecule has 1 fully saturated rings. The molecule has 1 saturated heterocycles. The van der Waals surface area contributed by atoms with E-state index in [4.69, 9.17) is 21.1 Å². The van der Waals surface area contributed by atoms with Crippen LogP contribution in [-0.2, 0) is 9.59 Å². The first-order valence-electron chi connectivity index (χ1n) is 10.2. The Kier molecular flexibility index (Phi) is 7.43. The van der Waals surface area contributed by atoms with Gasteiger partial charge in [-0.3, -0.25) is 9.59 Å². The van der Waals surface area contributed by atoms with Crippen LogP contribution in [0.3, 0.4) is 0 Å². The predicted molar refractivity (Wildman–Crippen MR) is 123 cm³/mol. The van der Waals surface area contributed by atoms with E-state index in [9.17, 15) is 14.7 Å². The molecule has 32 heavy (non-hydrogen) atoms. The molecule has 0 spiro atoms. The summed E-state index contributed by atoms with van der Waals surface area (Å²) in [4.78, 5) is 29.5. The van der Waals surface area contributed by atoms with Gasteiger partial charge in [-0.15, -0.1) is 0 Å². The lowest BCUT2D eigenvalue weighted by molar-refractivity contribution is -0.139. The van der Waals surface area contributed by atoms with Gasteiger partial charge in [0.2, 0.25) is 0 Å². The Bertz CT molecular complexity index is 1030. The monoisotopic (exact) mass is 458 g/mol. The summed E-state index contributed by atoms with van der Waals surface area (Å²) in [7, 11) is 6.89. The number of carbonyl (C=O) groups is 2. The minimum absolute atomic E-state index is 0.0365. The zero-order valence-electron chi connectivity index (χ0n) is 18.6. The van der Waals surface area contributed by atoms with E-state index < -0.39 is 17.7 Å².